The van der Waals surface area contributed by atoms with Crippen LogP contribution in [0.15, 0.2) is 0 Å². The van der Waals surface area contributed by atoms with E-state index in [1.807, 2.05) is 0 Å². The van der Waals surface area contributed by atoms with Gasteiger partial charge in [-0.05, 0) is 0 Å². The van der Waals surface area contributed by atoms with Gasteiger partial charge in [0.05, 0.1) is 0 Å². The fourth-order valence-electron chi connectivity index (χ4n) is 4.55. The Hall–Kier alpha value is -1.40. The van der Waals surface area contributed by atoms with Crippen molar-refractivity contribution >= 4 is 0 Å². The molecule has 0 amide bonds. The highest BCUT2D eigenvalue weighted by molar-refractivity contribution is 5.50. The summed E-state index contributed by atoms with van der Waals surface area (Å²) in [6.07, 6.45) is -12.3. The third kappa shape index (κ3) is 2.23. The van der Waals surface area contributed by atoms with Crippen molar-refractivity contribution in [1.29, 1.82) is 0 Å². The van der Waals surface area contributed by atoms with Gasteiger partial charge in [-0.2, -0.15) is 65.9 Å². The zero-order valence-electron chi connectivity index (χ0n) is 15.2. The van der Waals surface area contributed by atoms with Crippen molar-refractivity contribution < 1.29 is 87.8 Å². The van der Waals surface area contributed by atoms with Gasteiger partial charge >= 0.3 is 41.7 Å². The number of fused-ring (bicyclic) bond motifs is 1. The monoisotopic (exact) mass is 554 g/mol. The van der Waals surface area contributed by atoms with Gasteiger partial charge in [0.25, 0.3) is 5.67 Å². The molecule has 0 radical (unpaired) electrons. The quantitative estimate of drug-likeness (QED) is 0.327. The van der Waals surface area contributed by atoms with E-state index in [2.05, 4.69) is 0 Å². The van der Waals surface area contributed by atoms with Crippen LogP contribution in [0.1, 0.15) is 6.42 Å². The van der Waals surface area contributed by atoms with Crippen molar-refractivity contribution in [2.45, 2.75) is 65.1 Å². The molecule has 34 heavy (non-hydrogen) atoms. The molecule has 0 N–H and O–H groups in total. The number of alkyl halides is 20. The largest absolute Gasteiger partial charge is 0.453 e. The normalized spacial score (nSPS) is 40.9. The Morgan fingerprint density at radius 3 is 1.24 bits per heavy atom. The summed E-state index contributed by atoms with van der Waals surface area (Å²) < 4.78 is 275. The van der Waals surface area contributed by atoms with Crippen molar-refractivity contribution in [2.75, 3.05) is 13.3 Å². The molecule has 4 atom stereocenters. The molecule has 20 heteroatoms. The minimum atomic E-state index is -8.19. The van der Waals surface area contributed by atoms with E-state index in [4.69, 9.17) is 0 Å². The van der Waals surface area contributed by atoms with Gasteiger partial charge in [0, 0.05) is 6.42 Å². The third-order valence-electron chi connectivity index (χ3n) is 6.19. The molecule has 0 spiro atoms. The Morgan fingerprint density at radius 1 is 0.529 bits per heavy atom. The topological polar surface area (TPSA) is 0 Å². The number of halogens is 20. The van der Waals surface area contributed by atoms with Crippen LogP contribution in [-0.4, -0.2) is 72.1 Å². The first-order valence-electron chi connectivity index (χ1n) is 8.10. The molecule has 2 fully saturated rings. The molecule has 0 aliphatic heterocycles. The maximum atomic E-state index is 15.3. The van der Waals surface area contributed by atoms with Crippen molar-refractivity contribution in [2.24, 2.45) is 5.41 Å². The molecular weight excluding hydrogens is 548 g/mol. The smallest absolute Gasteiger partial charge is 0.247 e. The Kier molecular flexibility index (Phi) is 5.49. The molecule has 202 valence electrons. The summed E-state index contributed by atoms with van der Waals surface area (Å²) in [5, 5.41) is 0. The van der Waals surface area contributed by atoms with Gasteiger partial charge in [-0.15, -0.1) is 0 Å². The first kappa shape index (κ1) is 28.8. The van der Waals surface area contributed by atoms with Crippen LogP contribution in [0.4, 0.5) is 87.8 Å². The lowest BCUT2D eigenvalue weighted by molar-refractivity contribution is -0.567. The zero-order chi connectivity index (χ0) is 27.6. The van der Waals surface area contributed by atoms with Crippen LogP contribution >= 0.6 is 0 Å². The second-order valence-electron chi connectivity index (χ2n) is 7.67. The number of hydrogen-bond acceptors (Lipinski definition) is 0. The summed E-state index contributed by atoms with van der Waals surface area (Å²) >= 11 is 0. The average Bonchev–Trinajstić information content (AvgIpc) is 2.67. The molecule has 0 bridgehead atoms. The van der Waals surface area contributed by atoms with Crippen LogP contribution in [0.25, 0.3) is 0 Å². The highest BCUT2D eigenvalue weighted by atomic mass is 19.4. The maximum absolute atomic E-state index is 15.3. The van der Waals surface area contributed by atoms with E-state index < -0.39 is 83.9 Å². The Labute approximate surface area is 173 Å². The minimum Gasteiger partial charge on any atom is -0.247 e. The van der Waals surface area contributed by atoms with Gasteiger partial charge in [0.15, 0.2) is 12.3 Å². The molecule has 2 saturated carbocycles. The molecular formula is C14H6F20. The molecule has 2 aliphatic carbocycles. The molecule has 0 heterocycles. The van der Waals surface area contributed by atoms with Gasteiger partial charge in [-0.1, -0.05) is 0 Å². The highest BCUT2D eigenvalue weighted by Gasteiger charge is 3.16. The van der Waals surface area contributed by atoms with Crippen LogP contribution in [0.2, 0.25) is 0 Å². The summed E-state index contributed by atoms with van der Waals surface area (Å²) in [7, 11) is 0. The summed E-state index contributed by atoms with van der Waals surface area (Å²) in [6, 6.07) is 0. The van der Waals surface area contributed by atoms with E-state index >= 15 is 8.78 Å². The first-order valence-corrected chi connectivity index (χ1v) is 8.10. The summed E-state index contributed by atoms with van der Waals surface area (Å²) in [5.74, 6) is -46.7. The second-order valence-corrected chi connectivity index (χ2v) is 7.67. The highest BCUT2D eigenvalue weighted by Crippen LogP contribution is 2.88. The van der Waals surface area contributed by atoms with E-state index in [1.54, 1.807) is 0 Å². The Balaban J connectivity index is 3.23. The third-order valence-corrected chi connectivity index (χ3v) is 6.19. The van der Waals surface area contributed by atoms with Crippen LogP contribution in [-0.2, 0) is 0 Å². The summed E-state index contributed by atoms with van der Waals surface area (Å²) in [6.45, 7) is -8.32. The molecule has 0 aromatic carbocycles. The van der Waals surface area contributed by atoms with Crippen LogP contribution in [0, 0.1) is 5.41 Å². The standard InChI is InChI=1S/C14H6F20/c15-2-5(17)4(1-6(18,19)14(32,33)34)8(22,9(5,23)7(20,21)3-16)11(26,27)13(30,31)12(28,29)10(4,24)25/h1-3H2/t4-,5-,8+,9+/m1/s1. The lowest BCUT2D eigenvalue weighted by Crippen LogP contribution is -3.04. The van der Waals surface area contributed by atoms with Crippen LogP contribution in [0.5, 0.6) is 0 Å². The van der Waals surface area contributed by atoms with E-state index in [-0.39, 0.29) is 0 Å². The van der Waals surface area contributed by atoms with E-state index in [0.29, 0.717) is 0 Å². The van der Waals surface area contributed by atoms with E-state index in [9.17, 15) is 79.0 Å². The molecule has 0 nitrogen and oxygen atoms in total. The summed E-state index contributed by atoms with van der Waals surface area (Å²) in [5.41, 5.74) is -29.6. The van der Waals surface area contributed by atoms with Crippen molar-refractivity contribution in [3.63, 3.8) is 0 Å². The van der Waals surface area contributed by atoms with Gasteiger partial charge < -0.3 is 0 Å². The Morgan fingerprint density at radius 2 is 0.912 bits per heavy atom. The molecule has 0 unspecified atom stereocenters. The van der Waals surface area contributed by atoms with Gasteiger partial charge in [0.2, 0.25) is 5.67 Å². The predicted molar refractivity (Wildman–Crippen MR) is 66.3 cm³/mol. The van der Waals surface area contributed by atoms with Gasteiger partial charge in [0.1, 0.15) is 12.1 Å². The second kappa shape index (κ2) is 6.47. The van der Waals surface area contributed by atoms with Gasteiger partial charge in [-0.25, -0.2) is 22.0 Å². The fourth-order valence-corrected chi connectivity index (χ4v) is 4.55. The molecule has 2 rings (SSSR count). The molecule has 0 aromatic heterocycles. The molecule has 2 aliphatic rings. The number of rotatable bonds is 5. The fraction of sp³-hybridized carbons (Fsp3) is 1.00. The number of hydrogen-bond donors (Lipinski definition) is 0. The SMILES string of the molecule is FCC(F)(F)[C@@]1(F)[C@@](F)(CF)[C@@]2(CC(F)(F)C(F)(F)F)C(F)(F)C(F)(F)C(F)(F)C(F)(F)[C@@]12F. The summed E-state index contributed by atoms with van der Waals surface area (Å²) in [4.78, 5) is 0. The van der Waals surface area contributed by atoms with E-state index in [0.717, 1.165) is 0 Å². The molecule has 0 aromatic rings. The maximum Gasteiger partial charge on any atom is 0.453 e. The van der Waals surface area contributed by atoms with Crippen LogP contribution < -0.4 is 0 Å². The lowest BCUT2D eigenvalue weighted by Gasteiger charge is -2.76. The van der Waals surface area contributed by atoms with Crippen molar-refractivity contribution in [3.05, 3.63) is 0 Å². The van der Waals surface area contributed by atoms with Gasteiger partial charge in [-0.3, -0.25) is 0 Å². The van der Waals surface area contributed by atoms with E-state index in [1.165, 1.54) is 0 Å². The van der Waals surface area contributed by atoms with Crippen molar-refractivity contribution in [1.82, 2.24) is 0 Å². The lowest BCUT2D eigenvalue weighted by atomic mass is 9.32. The average molecular weight is 554 g/mol. The van der Waals surface area contributed by atoms with Crippen LogP contribution in [0.3, 0.4) is 0 Å². The van der Waals surface area contributed by atoms with Crippen molar-refractivity contribution in [3.8, 4) is 0 Å². The predicted octanol–water partition coefficient (Wildman–Crippen LogP) is 6.83. The minimum absolute atomic E-state index is 4.05. The zero-order valence-corrected chi connectivity index (χ0v) is 15.2. The Bertz CT molecular complexity index is 843. The first-order chi connectivity index (χ1) is 14.6. The molecule has 0 saturated heterocycles.